The van der Waals surface area contributed by atoms with Crippen LogP contribution in [-0.2, 0) is 0 Å². The van der Waals surface area contributed by atoms with Gasteiger partial charge in [0.05, 0.1) is 12.4 Å². The molecular formula is C13H17N3O. The van der Waals surface area contributed by atoms with Gasteiger partial charge in [-0.1, -0.05) is 0 Å². The number of nitrogens with zero attached hydrogens (tertiary/aromatic N) is 2. The standard InChI is InChI=1S/C13H17N3O/c1-9(2)16-8-12(7-15-16)17-13-5-4-11(14)6-10(13)3/h4-9H,14H2,1-3H3. The molecule has 2 aromatic rings. The lowest BCUT2D eigenvalue weighted by Gasteiger charge is -2.07. The predicted molar refractivity (Wildman–Crippen MR) is 68.3 cm³/mol. The molecule has 4 heteroatoms. The molecule has 90 valence electrons. The van der Waals surface area contributed by atoms with Crippen molar-refractivity contribution >= 4 is 5.69 Å². The molecule has 2 rings (SSSR count). The summed E-state index contributed by atoms with van der Waals surface area (Å²) in [5.41, 5.74) is 7.45. The molecule has 0 unspecified atom stereocenters. The Labute approximate surface area is 101 Å². The molecule has 0 radical (unpaired) electrons. The van der Waals surface area contributed by atoms with Crippen LogP contribution >= 0.6 is 0 Å². The third kappa shape index (κ3) is 2.58. The molecule has 0 atom stereocenters. The quantitative estimate of drug-likeness (QED) is 0.825. The Bertz CT molecular complexity index is 517. The van der Waals surface area contributed by atoms with E-state index in [0.29, 0.717) is 6.04 Å². The van der Waals surface area contributed by atoms with Gasteiger partial charge in [-0.05, 0) is 44.5 Å². The average Bonchev–Trinajstić information content (AvgIpc) is 2.71. The van der Waals surface area contributed by atoms with Crippen molar-refractivity contribution in [2.75, 3.05) is 5.73 Å². The molecule has 0 bridgehead atoms. The Morgan fingerprint density at radius 3 is 2.71 bits per heavy atom. The Morgan fingerprint density at radius 2 is 2.12 bits per heavy atom. The van der Waals surface area contributed by atoms with Crippen LogP contribution in [0.5, 0.6) is 11.5 Å². The van der Waals surface area contributed by atoms with E-state index in [4.69, 9.17) is 10.5 Å². The van der Waals surface area contributed by atoms with E-state index < -0.39 is 0 Å². The van der Waals surface area contributed by atoms with Gasteiger partial charge in [0.1, 0.15) is 5.75 Å². The summed E-state index contributed by atoms with van der Waals surface area (Å²) in [5, 5.41) is 4.23. The van der Waals surface area contributed by atoms with Crippen LogP contribution in [-0.4, -0.2) is 9.78 Å². The zero-order valence-electron chi connectivity index (χ0n) is 10.3. The van der Waals surface area contributed by atoms with Crippen LogP contribution in [0.15, 0.2) is 30.6 Å². The lowest BCUT2D eigenvalue weighted by atomic mass is 10.2. The second-order valence-corrected chi connectivity index (χ2v) is 4.38. The fourth-order valence-electron chi connectivity index (χ4n) is 1.57. The van der Waals surface area contributed by atoms with Gasteiger partial charge in [-0.15, -0.1) is 0 Å². The molecule has 2 N–H and O–H groups in total. The number of nitrogens with two attached hydrogens (primary N) is 1. The molecule has 0 aliphatic rings. The maximum atomic E-state index is 5.76. The van der Waals surface area contributed by atoms with E-state index in [0.717, 1.165) is 22.7 Å². The summed E-state index contributed by atoms with van der Waals surface area (Å²) in [6.45, 7) is 6.12. The summed E-state index contributed by atoms with van der Waals surface area (Å²) in [6, 6.07) is 5.93. The molecule has 0 saturated carbocycles. The van der Waals surface area contributed by atoms with E-state index in [1.807, 2.05) is 36.0 Å². The highest BCUT2D eigenvalue weighted by Gasteiger charge is 2.05. The molecule has 1 aromatic heterocycles. The average molecular weight is 231 g/mol. The van der Waals surface area contributed by atoms with Crippen LogP contribution < -0.4 is 10.5 Å². The molecule has 17 heavy (non-hydrogen) atoms. The van der Waals surface area contributed by atoms with Crippen molar-refractivity contribution in [3.05, 3.63) is 36.2 Å². The number of aryl methyl sites for hydroxylation is 1. The first-order chi connectivity index (χ1) is 8.06. The third-order valence-corrected chi connectivity index (χ3v) is 2.53. The van der Waals surface area contributed by atoms with Crippen molar-refractivity contribution in [1.82, 2.24) is 9.78 Å². The van der Waals surface area contributed by atoms with Gasteiger partial charge in [0, 0.05) is 11.7 Å². The first kappa shape index (κ1) is 11.5. The summed E-state index contributed by atoms with van der Waals surface area (Å²) in [6.07, 6.45) is 3.61. The van der Waals surface area contributed by atoms with Crippen molar-refractivity contribution < 1.29 is 4.74 Å². The lowest BCUT2D eigenvalue weighted by Crippen LogP contribution is -1.99. The predicted octanol–water partition coefficient (Wildman–Crippen LogP) is 3.15. The van der Waals surface area contributed by atoms with Crippen LogP contribution in [0.25, 0.3) is 0 Å². The highest BCUT2D eigenvalue weighted by molar-refractivity contribution is 5.48. The lowest BCUT2D eigenvalue weighted by molar-refractivity contribution is 0.474. The number of benzene rings is 1. The molecule has 4 nitrogen and oxygen atoms in total. The monoisotopic (exact) mass is 231 g/mol. The van der Waals surface area contributed by atoms with E-state index in [1.165, 1.54) is 0 Å². The number of ether oxygens (including phenoxy) is 1. The highest BCUT2D eigenvalue weighted by Crippen LogP contribution is 2.26. The summed E-state index contributed by atoms with van der Waals surface area (Å²) in [4.78, 5) is 0. The summed E-state index contributed by atoms with van der Waals surface area (Å²) < 4.78 is 7.62. The van der Waals surface area contributed by atoms with Crippen LogP contribution in [0, 0.1) is 6.92 Å². The second kappa shape index (κ2) is 4.49. The molecule has 0 amide bonds. The van der Waals surface area contributed by atoms with Crippen molar-refractivity contribution in [1.29, 1.82) is 0 Å². The maximum absolute atomic E-state index is 5.76. The number of rotatable bonds is 3. The van der Waals surface area contributed by atoms with E-state index in [2.05, 4.69) is 18.9 Å². The Balaban J connectivity index is 2.19. The number of aromatic nitrogens is 2. The van der Waals surface area contributed by atoms with Crippen LogP contribution in [0.3, 0.4) is 0 Å². The van der Waals surface area contributed by atoms with E-state index in [9.17, 15) is 0 Å². The van der Waals surface area contributed by atoms with Gasteiger partial charge < -0.3 is 10.5 Å². The summed E-state index contributed by atoms with van der Waals surface area (Å²) in [7, 11) is 0. The smallest absolute Gasteiger partial charge is 0.165 e. The fourth-order valence-corrected chi connectivity index (χ4v) is 1.57. The minimum Gasteiger partial charge on any atom is -0.454 e. The van der Waals surface area contributed by atoms with E-state index in [1.54, 1.807) is 6.20 Å². The van der Waals surface area contributed by atoms with Gasteiger partial charge in [-0.25, -0.2) is 0 Å². The van der Waals surface area contributed by atoms with Crippen LogP contribution in [0.1, 0.15) is 25.5 Å². The molecule has 0 aliphatic carbocycles. The zero-order valence-corrected chi connectivity index (χ0v) is 10.3. The number of nitrogen functional groups attached to an aromatic ring is 1. The summed E-state index contributed by atoms with van der Waals surface area (Å²) >= 11 is 0. The first-order valence-corrected chi connectivity index (χ1v) is 5.64. The van der Waals surface area contributed by atoms with Gasteiger partial charge >= 0.3 is 0 Å². The molecule has 0 saturated heterocycles. The molecule has 0 aliphatic heterocycles. The fraction of sp³-hybridized carbons (Fsp3) is 0.308. The normalized spacial score (nSPS) is 10.8. The number of hydrogen-bond donors (Lipinski definition) is 1. The minimum absolute atomic E-state index is 0.333. The molecule has 1 heterocycles. The largest absolute Gasteiger partial charge is 0.454 e. The van der Waals surface area contributed by atoms with Gasteiger partial charge in [0.2, 0.25) is 0 Å². The summed E-state index contributed by atoms with van der Waals surface area (Å²) in [5.74, 6) is 1.55. The highest BCUT2D eigenvalue weighted by atomic mass is 16.5. The second-order valence-electron chi connectivity index (χ2n) is 4.38. The third-order valence-electron chi connectivity index (χ3n) is 2.53. The van der Waals surface area contributed by atoms with Crippen molar-refractivity contribution in [2.24, 2.45) is 0 Å². The van der Waals surface area contributed by atoms with Crippen LogP contribution in [0.2, 0.25) is 0 Å². The zero-order chi connectivity index (χ0) is 12.4. The first-order valence-electron chi connectivity index (χ1n) is 5.64. The van der Waals surface area contributed by atoms with Gasteiger partial charge in [0.15, 0.2) is 5.75 Å². The maximum Gasteiger partial charge on any atom is 0.165 e. The van der Waals surface area contributed by atoms with Gasteiger partial charge in [0.25, 0.3) is 0 Å². The molecule has 0 spiro atoms. The number of anilines is 1. The molecule has 1 aromatic carbocycles. The van der Waals surface area contributed by atoms with Crippen LogP contribution in [0.4, 0.5) is 5.69 Å². The van der Waals surface area contributed by atoms with Gasteiger partial charge in [-0.2, -0.15) is 5.10 Å². The Hall–Kier alpha value is -1.97. The topological polar surface area (TPSA) is 53.1 Å². The Kier molecular flexibility index (Phi) is 3.04. The minimum atomic E-state index is 0.333. The van der Waals surface area contributed by atoms with Crippen molar-refractivity contribution in [3.63, 3.8) is 0 Å². The number of hydrogen-bond acceptors (Lipinski definition) is 3. The van der Waals surface area contributed by atoms with Crippen molar-refractivity contribution in [3.8, 4) is 11.5 Å². The van der Waals surface area contributed by atoms with E-state index in [-0.39, 0.29) is 0 Å². The molecular weight excluding hydrogens is 214 g/mol. The van der Waals surface area contributed by atoms with Gasteiger partial charge in [-0.3, -0.25) is 4.68 Å². The molecule has 0 fully saturated rings. The SMILES string of the molecule is Cc1cc(N)ccc1Oc1cnn(C(C)C)c1. The van der Waals surface area contributed by atoms with E-state index >= 15 is 0 Å². The van der Waals surface area contributed by atoms with Crippen molar-refractivity contribution in [2.45, 2.75) is 26.8 Å². The Morgan fingerprint density at radius 1 is 1.35 bits per heavy atom.